The Balaban J connectivity index is 1.47. The highest BCUT2D eigenvalue weighted by Gasteiger charge is 2.38. The van der Waals surface area contributed by atoms with E-state index in [0.717, 1.165) is 5.92 Å². The molecule has 1 nitrogen and oxygen atoms in total. The van der Waals surface area contributed by atoms with Crippen LogP contribution in [0.4, 0.5) is 5.69 Å². The number of hydrogen-bond donors (Lipinski definition) is 0. The fraction of sp³-hybridized carbons (Fsp3) is 0.667. The van der Waals surface area contributed by atoms with Gasteiger partial charge >= 0.3 is 0 Å². The molecule has 1 heterocycles. The summed E-state index contributed by atoms with van der Waals surface area (Å²) in [4.78, 5) is 2.64. The summed E-state index contributed by atoms with van der Waals surface area (Å²) in [5.41, 5.74) is 3.70. The minimum Gasteiger partial charge on any atom is -0.371 e. The molecule has 1 saturated heterocycles. The van der Waals surface area contributed by atoms with Gasteiger partial charge in [0.15, 0.2) is 0 Å². The van der Waals surface area contributed by atoms with Crippen LogP contribution in [0.2, 0.25) is 0 Å². The molecule has 0 aromatic heterocycles. The van der Waals surface area contributed by atoms with Crippen molar-refractivity contribution in [3.8, 4) is 0 Å². The van der Waals surface area contributed by atoms with Crippen molar-refractivity contribution in [3.63, 3.8) is 0 Å². The maximum absolute atomic E-state index is 2.64. The van der Waals surface area contributed by atoms with Gasteiger partial charge in [0.05, 0.1) is 0 Å². The predicted molar refractivity (Wildman–Crippen MR) is 80.8 cm³/mol. The fourth-order valence-electron chi connectivity index (χ4n) is 4.24. The van der Waals surface area contributed by atoms with Crippen LogP contribution in [-0.4, -0.2) is 13.1 Å². The van der Waals surface area contributed by atoms with Crippen LogP contribution in [-0.2, 0) is 0 Å². The Kier molecular flexibility index (Phi) is 2.82. The minimum atomic E-state index is 0.674. The number of benzene rings is 1. The van der Waals surface area contributed by atoms with Gasteiger partial charge < -0.3 is 4.90 Å². The van der Waals surface area contributed by atoms with Crippen LogP contribution in [0.1, 0.15) is 62.8 Å². The van der Waals surface area contributed by atoms with E-state index in [1.54, 1.807) is 5.56 Å². The van der Waals surface area contributed by atoms with Crippen LogP contribution in [0, 0.1) is 5.41 Å². The van der Waals surface area contributed by atoms with E-state index in [4.69, 9.17) is 0 Å². The molecular weight excluding hydrogens is 230 g/mol. The van der Waals surface area contributed by atoms with E-state index < -0.39 is 0 Å². The zero-order chi connectivity index (χ0) is 12.7. The molecule has 1 aromatic carbocycles. The van der Waals surface area contributed by atoms with Crippen LogP contribution >= 0.6 is 0 Å². The molecule has 1 aliphatic heterocycles. The van der Waals surface area contributed by atoms with Crippen molar-refractivity contribution in [2.24, 2.45) is 5.41 Å². The number of anilines is 1. The Bertz CT molecular complexity index is 437. The maximum atomic E-state index is 2.64. The third-order valence-electron chi connectivity index (χ3n) is 5.66. The Hall–Kier alpha value is -0.980. The highest BCUT2D eigenvalue weighted by Crippen LogP contribution is 2.45. The lowest BCUT2D eigenvalue weighted by molar-refractivity contribution is 0.219. The smallest absolute Gasteiger partial charge is 0.0366 e. The molecule has 102 valence electrons. The van der Waals surface area contributed by atoms with E-state index in [0.29, 0.717) is 5.41 Å². The summed E-state index contributed by atoms with van der Waals surface area (Å²) in [5.74, 6) is 0.886. The van der Waals surface area contributed by atoms with Crippen molar-refractivity contribution >= 4 is 5.69 Å². The van der Waals surface area contributed by atoms with Gasteiger partial charge in [-0.3, -0.25) is 0 Å². The molecule has 1 aromatic rings. The molecule has 0 bridgehead atoms. The first-order valence-corrected chi connectivity index (χ1v) is 8.20. The van der Waals surface area contributed by atoms with Gasteiger partial charge in [0.25, 0.3) is 0 Å². The van der Waals surface area contributed by atoms with Crippen LogP contribution in [0.3, 0.4) is 0 Å². The Morgan fingerprint density at radius 2 is 1.63 bits per heavy atom. The van der Waals surface area contributed by atoms with E-state index in [-0.39, 0.29) is 0 Å². The SMILES string of the molecule is c1cc(N2CCC3(CCCCC3)C2)ccc1C1CC1. The van der Waals surface area contributed by atoms with E-state index >= 15 is 0 Å². The zero-order valence-corrected chi connectivity index (χ0v) is 11.9. The number of nitrogens with zero attached hydrogens (tertiary/aromatic N) is 1. The van der Waals surface area contributed by atoms with E-state index in [9.17, 15) is 0 Å². The molecule has 0 unspecified atom stereocenters. The Morgan fingerprint density at radius 1 is 0.895 bits per heavy atom. The summed E-state index contributed by atoms with van der Waals surface area (Å²) in [6, 6.07) is 9.49. The van der Waals surface area contributed by atoms with Gasteiger partial charge in [-0.1, -0.05) is 31.4 Å². The minimum absolute atomic E-state index is 0.674. The van der Waals surface area contributed by atoms with Gasteiger partial charge in [0, 0.05) is 18.8 Å². The van der Waals surface area contributed by atoms with Gasteiger partial charge in [0.1, 0.15) is 0 Å². The van der Waals surface area contributed by atoms with Gasteiger partial charge in [-0.05, 0) is 61.1 Å². The van der Waals surface area contributed by atoms with E-state index in [1.165, 1.54) is 70.1 Å². The standard InChI is InChI=1S/C18H25N/c1-2-10-18(11-3-1)12-13-19(14-18)17-8-6-16(7-9-17)15-4-5-15/h6-9,15H,1-5,10-14H2. The lowest BCUT2D eigenvalue weighted by Crippen LogP contribution is -2.29. The summed E-state index contributed by atoms with van der Waals surface area (Å²) < 4.78 is 0. The molecule has 2 saturated carbocycles. The molecular formula is C18H25N. The molecule has 2 aliphatic carbocycles. The van der Waals surface area contributed by atoms with Crippen LogP contribution in [0.25, 0.3) is 0 Å². The quantitative estimate of drug-likeness (QED) is 0.739. The van der Waals surface area contributed by atoms with Crippen molar-refractivity contribution in [1.82, 2.24) is 0 Å². The van der Waals surface area contributed by atoms with E-state index in [2.05, 4.69) is 29.2 Å². The monoisotopic (exact) mass is 255 g/mol. The van der Waals surface area contributed by atoms with Crippen molar-refractivity contribution in [1.29, 1.82) is 0 Å². The van der Waals surface area contributed by atoms with Crippen molar-refractivity contribution in [2.45, 2.75) is 57.3 Å². The summed E-state index contributed by atoms with van der Waals surface area (Å²) in [6.07, 6.45) is 11.6. The molecule has 0 amide bonds. The lowest BCUT2D eigenvalue weighted by Gasteiger charge is -2.33. The molecule has 19 heavy (non-hydrogen) atoms. The average molecular weight is 255 g/mol. The first-order chi connectivity index (χ1) is 9.35. The molecule has 0 atom stereocenters. The largest absolute Gasteiger partial charge is 0.371 e. The van der Waals surface area contributed by atoms with Crippen LogP contribution < -0.4 is 4.90 Å². The normalized spacial score (nSPS) is 26.0. The topological polar surface area (TPSA) is 3.24 Å². The summed E-state index contributed by atoms with van der Waals surface area (Å²) in [5, 5.41) is 0. The molecule has 4 rings (SSSR count). The predicted octanol–water partition coefficient (Wildman–Crippen LogP) is 4.72. The van der Waals surface area contributed by atoms with Crippen molar-refractivity contribution in [2.75, 3.05) is 18.0 Å². The molecule has 0 N–H and O–H groups in total. The van der Waals surface area contributed by atoms with Gasteiger partial charge in [-0.2, -0.15) is 0 Å². The summed E-state index contributed by atoms with van der Waals surface area (Å²) in [6.45, 7) is 2.60. The summed E-state index contributed by atoms with van der Waals surface area (Å²) in [7, 11) is 0. The molecule has 1 heteroatoms. The maximum Gasteiger partial charge on any atom is 0.0366 e. The second kappa shape index (κ2) is 4.54. The highest BCUT2D eigenvalue weighted by molar-refractivity contribution is 5.50. The number of hydrogen-bond acceptors (Lipinski definition) is 1. The molecule has 3 fully saturated rings. The third-order valence-corrected chi connectivity index (χ3v) is 5.66. The van der Waals surface area contributed by atoms with Gasteiger partial charge in [0.2, 0.25) is 0 Å². The second-order valence-corrected chi connectivity index (χ2v) is 7.10. The zero-order valence-electron chi connectivity index (χ0n) is 11.9. The summed E-state index contributed by atoms with van der Waals surface area (Å²) >= 11 is 0. The highest BCUT2D eigenvalue weighted by atomic mass is 15.2. The van der Waals surface area contributed by atoms with Crippen molar-refractivity contribution < 1.29 is 0 Å². The van der Waals surface area contributed by atoms with Gasteiger partial charge in [-0.25, -0.2) is 0 Å². The Labute approximate surface area is 117 Å². The van der Waals surface area contributed by atoms with Crippen molar-refractivity contribution in [3.05, 3.63) is 29.8 Å². The second-order valence-electron chi connectivity index (χ2n) is 7.10. The Morgan fingerprint density at radius 3 is 2.32 bits per heavy atom. The van der Waals surface area contributed by atoms with Crippen LogP contribution in [0.15, 0.2) is 24.3 Å². The molecule has 0 radical (unpaired) electrons. The molecule has 1 spiro atoms. The van der Waals surface area contributed by atoms with Crippen LogP contribution in [0.5, 0.6) is 0 Å². The first-order valence-electron chi connectivity index (χ1n) is 8.20. The first kappa shape index (κ1) is 11.8. The average Bonchev–Trinajstić information content (AvgIpc) is 3.24. The van der Waals surface area contributed by atoms with Gasteiger partial charge in [-0.15, -0.1) is 0 Å². The third kappa shape index (κ3) is 2.28. The molecule has 3 aliphatic rings. The van der Waals surface area contributed by atoms with E-state index in [1.807, 2.05) is 0 Å². The fourth-order valence-corrected chi connectivity index (χ4v) is 4.24. The lowest BCUT2D eigenvalue weighted by atomic mass is 9.73. The number of rotatable bonds is 2.